The molecule has 5 unspecified atom stereocenters. The third kappa shape index (κ3) is 10.1. The van der Waals surface area contributed by atoms with Gasteiger partial charge in [0.15, 0.2) is 0 Å². The molecule has 11 heteroatoms. The summed E-state index contributed by atoms with van der Waals surface area (Å²) in [7, 11) is 0. The zero-order valence-corrected chi connectivity index (χ0v) is 24.8. The first-order chi connectivity index (χ1) is 21.0. The van der Waals surface area contributed by atoms with E-state index >= 15 is 0 Å². The fraction of sp³-hybridized carbons (Fsp3) is 0.333. The van der Waals surface area contributed by atoms with Crippen LogP contribution < -0.4 is 21.7 Å². The Hall–Kier alpha value is -4.90. The molecule has 0 saturated carbocycles. The molecule has 0 aliphatic rings. The monoisotopic (exact) mass is 604 g/mol. The van der Waals surface area contributed by atoms with Crippen LogP contribution in [0.5, 0.6) is 11.5 Å². The highest BCUT2D eigenvalue weighted by atomic mass is 16.4. The highest BCUT2D eigenvalue weighted by molar-refractivity contribution is 5.94. The number of hydrogen-bond donors (Lipinski definition) is 7. The van der Waals surface area contributed by atoms with Gasteiger partial charge in [-0.1, -0.05) is 74.9 Å². The number of hydrogen-bond acceptors (Lipinski definition) is 7. The second-order valence-electron chi connectivity index (χ2n) is 10.9. The number of nitrogens with two attached hydrogens (primary N) is 1. The number of phenols is 2. The van der Waals surface area contributed by atoms with E-state index in [1.54, 1.807) is 31.2 Å². The summed E-state index contributed by atoms with van der Waals surface area (Å²) in [6, 6.07) is 16.8. The predicted octanol–water partition coefficient (Wildman–Crippen LogP) is 2.04. The van der Waals surface area contributed by atoms with Crippen molar-refractivity contribution in [2.45, 2.75) is 63.7 Å². The molecule has 3 aromatic carbocycles. The second-order valence-corrected chi connectivity index (χ2v) is 10.9. The lowest BCUT2D eigenvalue weighted by molar-refractivity contribution is -0.143. The normalized spacial score (nSPS) is 14.3. The van der Waals surface area contributed by atoms with Gasteiger partial charge in [-0.05, 0) is 53.3 Å². The maximum Gasteiger partial charge on any atom is 0.326 e. The number of rotatable bonds is 15. The summed E-state index contributed by atoms with van der Waals surface area (Å²) in [6.45, 7) is 3.51. The molecule has 0 aliphatic heterocycles. The first-order valence-corrected chi connectivity index (χ1v) is 14.5. The molecule has 44 heavy (non-hydrogen) atoms. The van der Waals surface area contributed by atoms with Crippen LogP contribution in [0.3, 0.4) is 0 Å². The maximum absolute atomic E-state index is 13.7. The maximum atomic E-state index is 13.7. The van der Waals surface area contributed by atoms with Crippen molar-refractivity contribution in [1.29, 1.82) is 0 Å². The molecule has 11 nitrogen and oxygen atoms in total. The Morgan fingerprint density at radius 3 is 1.55 bits per heavy atom. The van der Waals surface area contributed by atoms with Crippen LogP contribution >= 0.6 is 0 Å². The standard InChI is InChI=1S/C33H40N4O7/c1-3-20(2)29(33(43)44)37-32(42)28(19-23-11-15-25(39)16-12-23)36-31(41)27(18-22-9-13-24(38)14-10-22)35-30(40)26(34)17-21-7-5-4-6-8-21/h4-16,20,26-29,38-39H,3,17-19,34H2,1-2H3,(H,35,40)(H,36,41)(H,37,42)(H,43,44). The number of carboxylic acid groups (broad SMARTS) is 1. The quantitative estimate of drug-likeness (QED) is 0.137. The topological polar surface area (TPSA) is 191 Å². The minimum absolute atomic E-state index is 0.0158. The Kier molecular flexibility index (Phi) is 12.3. The summed E-state index contributed by atoms with van der Waals surface area (Å²) in [6.07, 6.45) is 0.737. The lowest BCUT2D eigenvalue weighted by atomic mass is 9.97. The number of carbonyl (C=O) groups is 4. The molecule has 0 spiro atoms. The molecule has 234 valence electrons. The number of amides is 3. The smallest absolute Gasteiger partial charge is 0.326 e. The lowest BCUT2D eigenvalue weighted by Crippen LogP contribution is -2.58. The lowest BCUT2D eigenvalue weighted by Gasteiger charge is -2.27. The van der Waals surface area contributed by atoms with Crippen LogP contribution in [-0.2, 0) is 38.4 Å². The number of aliphatic carboxylic acids is 1. The van der Waals surface area contributed by atoms with E-state index in [2.05, 4.69) is 16.0 Å². The molecular formula is C33H40N4O7. The van der Waals surface area contributed by atoms with E-state index < -0.39 is 47.9 Å². The summed E-state index contributed by atoms with van der Waals surface area (Å²) >= 11 is 0. The highest BCUT2D eigenvalue weighted by Crippen LogP contribution is 2.15. The Labute approximate surface area is 256 Å². The number of aromatic hydroxyl groups is 2. The SMILES string of the molecule is CCC(C)C(NC(=O)C(Cc1ccc(O)cc1)NC(=O)C(Cc1ccc(O)cc1)NC(=O)C(N)Cc1ccccc1)C(=O)O. The van der Waals surface area contributed by atoms with E-state index in [9.17, 15) is 34.5 Å². The van der Waals surface area contributed by atoms with Gasteiger partial charge in [-0.3, -0.25) is 14.4 Å². The molecule has 3 aromatic rings. The zero-order valence-electron chi connectivity index (χ0n) is 24.8. The van der Waals surface area contributed by atoms with E-state index in [1.165, 1.54) is 24.3 Å². The van der Waals surface area contributed by atoms with Crippen molar-refractivity contribution in [2.24, 2.45) is 11.7 Å². The van der Waals surface area contributed by atoms with Crippen molar-refractivity contribution in [3.05, 3.63) is 95.6 Å². The fourth-order valence-corrected chi connectivity index (χ4v) is 4.60. The van der Waals surface area contributed by atoms with E-state index in [0.717, 1.165) is 5.56 Å². The molecule has 3 amide bonds. The number of nitrogens with one attached hydrogen (secondary N) is 3. The van der Waals surface area contributed by atoms with Crippen molar-refractivity contribution in [3.8, 4) is 11.5 Å². The van der Waals surface area contributed by atoms with Gasteiger partial charge in [-0.2, -0.15) is 0 Å². The first-order valence-electron chi connectivity index (χ1n) is 14.5. The molecule has 5 atom stereocenters. The average Bonchev–Trinajstić information content (AvgIpc) is 3.01. The van der Waals surface area contributed by atoms with Gasteiger partial charge in [0.05, 0.1) is 6.04 Å². The van der Waals surface area contributed by atoms with Crippen LogP contribution in [0.1, 0.15) is 37.0 Å². The van der Waals surface area contributed by atoms with E-state index in [4.69, 9.17) is 5.73 Å². The highest BCUT2D eigenvalue weighted by Gasteiger charge is 2.32. The van der Waals surface area contributed by atoms with Crippen LogP contribution in [-0.4, -0.2) is 63.2 Å². The van der Waals surface area contributed by atoms with Gasteiger partial charge in [0.1, 0.15) is 29.6 Å². The van der Waals surface area contributed by atoms with Gasteiger partial charge in [-0.15, -0.1) is 0 Å². The molecule has 0 aromatic heterocycles. The molecule has 0 saturated heterocycles. The fourth-order valence-electron chi connectivity index (χ4n) is 4.60. The van der Waals surface area contributed by atoms with Gasteiger partial charge in [0.2, 0.25) is 17.7 Å². The van der Waals surface area contributed by atoms with Crippen molar-refractivity contribution >= 4 is 23.7 Å². The summed E-state index contributed by atoms with van der Waals surface area (Å²) < 4.78 is 0. The van der Waals surface area contributed by atoms with Crippen molar-refractivity contribution in [2.75, 3.05) is 0 Å². The summed E-state index contributed by atoms with van der Waals surface area (Å²) in [4.78, 5) is 52.3. The summed E-state index contributed by atoms with van der Waals surface area (Å²) in [5, 5.41) is 37.1. The predicted molar refractivity (Wildman–Crippen MR) is 165 cm³/mol. The Bertz CT molecular complexity index is 1400. The second kappa shape index (κ2) is 16.1. The molecule has 0 bridgehead atoms. The van der Waals surface area contributed by atoms with Crippen LogP contribution in [0.25, 0.3) is 0 Å². The van der Waals surface area contributed by atoms with Crippen LogP contribution in [0, 0.1) is 5.92 Å². The third-order valence-electron chi connectivity index (χ3n) is 7.43. The molecule has 3 rings (SSSR count). The molecule has 0 radical (unpaired) electrons. The van der Waals surface area contributed by atoms with E-state index in [1.807, 2.05) is 37.3 Å². The van der Waals surface area contributed by atoms with Gasteiger partial charge < -0.3 is 37.0 Å². The van der Waals surface area contributed by atoms with E-state index in [0.29, 0.717) is 17.5 Å². The Morgan fingerprint density at radius 1 is 0.659 bits per heavy atom. The largest absolute Gasteiger partial charge is 0.508 e. The van der Waals surface area contributed by atoms with Gasteiger partial charge in [-0.25, -0.2) is 4.79 Å². The minimum atomic E-state index is -1.21. The third-order valence-corrected chi connectivity index (χ3v) is 7.43. The molecule has 0 aliphatic carbocycles. The molecular weight excluding hydrogens is 564 g/mol. The van der Waals surface area contributed by atoms with Crippen molar-refractivity contribution < 1.29 is 34.5 Å². The molecule has 8 N–H and O–H groups in total. The van der Waals surface area contributed by atoms with Gasteiger partial charge in [0.25, 0.3) is 0 Å². The van der Waals surface area contributed by atoms with Crippen molar-refractivity contribution in [1.82, 2.24) is 16.0 Å². The van der Waals surface area contributed by atoms with Gasteiger partial charge in [0, 0.05) is 12.8 Å². The number of carboxylic acids is 1. The summed E-state index contributed by atoms with van der Waals surface area (Å²) in [5.74, 6) is -3.51. The van der Waals surface area contributed by atoms with Crippen molar-refractivity contribution in [3.63, 3.8) is 0 Å². The Balaban J connectivity index is 1.86. The zero-order chi connectivity index (χ0) is 32.2. The van der Waals surface area contributed by atoms with Crippen LogP contribution in [0.4, 0.5) is 0 Å². The summed E-state index contributed by atoms with van der Waals surface area (Å²) in [5.41, 5.74) is 8.25. The first kappa shape index (κ1) is 33.6. The average molecular weight is 605 g/mol. The van der Waals surface area contributed by atoms with Crippen LogP contribution in [0.15, 0.2) is 78.9 Å². The Morgan fingerprint density at radius 2 is 1.09 bits per heavy atom. The van der Waals surface area contributed by atoms with Crippen LogP contribution in [0.2, 0.25) is 0 Å². The number of carbonyl (C=O) groups excluding carboxylic acids is 3. The molecule has 0 heterocycles. The van der Waals surface area contributed by atoms with Gasteiger partial charge >= 0.3 is 5.97 Å². The number of phenolic OH excluding ortho intramolecular Hbond substituents is 2. The molecule has 0 fully saturated rings. The van der Waals surface area contributed by atoms with E-state index in [-0.39, 0.29) is 36.7 Å². The number of benzene rings is 3. The minimum Gasteiger partial charge on any atom is -0.508 e.